The van der Waals surface area contributed by atoms with Gasteiger partial charge in [-0.3, -0.25) is 23.7 Å². The number of aromatic nitrogens is 1. The average molecular weight is 681 g/mol. The van der Waals surface area contributed by atoms with Crippen molar-refractivity contribution >= 4 is 57.9 Å². The van der Waals surface area contributed by atoms with Gasteiger partial charge in [-0.05, 0) is 62.7 Å². The molecule has 1 saturated heterocycles. The van der Waals surface area contributed by atoms with Crippen molar-refractivity contribution in [2.24, 2.45) is 5.92 Å². The first-order valence-electron chi connectivity index (χ1n) is 15.1. The number of alkyl halides is 3. The molecule has 0 radical (unpaired) electrons. The van der Waals surface area contributed by atoms with Crippen molar-refractivity contribution in [3.63, 3.8) is 0 Å². The van der Waals surface area contributed by atoms with Crippen LogP contribution in [0.2, 0.25) is 0 Å². The largest absolute Gasteiger partial charge is 0.418 e. The van der Waals surface area contributed by atoms with Crippen LogP contribution in [0.4, 0.5) is 30.2 Å². The van der Waals surface area contributed by atoms with Crippen LogP contribution in [0.1, 0.15) is 41.3 Å². The van der Waals surface area contributed by atoms with Crippen LogP contribution in [0.25, 0.3) is 0 Å². The zero-order chi connectivity index (χ0) is 33.6. The number of aryl methyl sites for hydroxylation is 1. The van der Waals surface area contributed by atoms with Gasteiger partial charge in [0, 0.05) is 29.6 Å². The zero-order valence-corrected chi connectivity index (χ0v) is 27.3. The molecule has 2 aliphatic heterocycles. The summed E-state index contributed by atoms with van der Waals surface area (Å²) in [4.78, 5) is 58.1. The number of benzene rings is 3. The van der Waals surface area contributed by atoms with Crippen molar-refractivity contribution in [3.05, 3.63) is 104 Å². The molecule has 6 rings (SSSR count). The Kier molecular flexibility index (Phi) is 8.79. The van der Waals surface area contributed by atoms with E-state index in [4.69, 9.17) is 0 Å². The first kappa shape index (κ1) is 32.6. The van der Waals surface area contributed by atoms with Crippen LogP contribution < -0.4 is 20.0 Å². The van der Waals surface area contributed by atoms with Gasteiger partial charge in [-0.1, -0.05) is 65.1 Å². The lowest BCUT2D eigenvalue weighted by Crippen LogP contribution is -2.33. The van der Waals surface area contributed by atoms with Gasteiger partial charge in [0.1, 0.15) is 11.8 Å². The standard InChI is InChI=1S/C34H31F3N4O4S2/c1-4-39(5-2)21-16-12-20(13-17-21)26-27-28(31(44)41(30(27)43)22-14-10-19(3)11-15-22)46-32-29(26)47-33(45)40(32)18-25(42)38-24-9-7-6-8-23(24)34(35,36)37/h6-17,26-28H,4-5,18H2,1-3H3,(H,38,42)/t26-,27-,28+/m0/s1. The molecular formula is C34H31F3N4O4S2. The number of nitrogens with one attached hydrogen (secondary N) is 1. The summed E-state index contributed by atoms with van der Waals surface area (Å²) >= 11 is 1.93. The monoisotopic (exact) mass is 680 g/mol. The van der Waals surface area contributed by atoms with Crippen LogP contribution in [-0.2, 0) is 27.1 Å². The summed E-state index contributed by atoms with van der Waals surface area (Å²) in [6.45, 7) is 7.02. The fourth-order valence-corrected chi connectivity index (χ4v) is 8.99. The Morgan fingerprint density at radius 1 is 0.915 bits per heavy atom. The lowest BCUT2D eigenvalue weighted by atomic mass is 9.83. The molecule has 3 amide bonds. The van der Waals surface area contributed by atoms with Crippen molar-refractivity contribution in [2.75, 3.05) is 28.2 Å². The third-order valence-corrected chi connectivity index (χ3v) is 11.1. The summed E-state index contributed by atoms with van der Waals surface area (Å²) in [5.41, 5.74) is 1.70. The van der Waals surface area contributed by atoms with Gasteiger partial charge in [0.25, 0.3) is 0 Å². The van der Waals surface area contributed by atoms with E-state index in [2.05, 4.69) is 10.2 Å². The molecule has 4 aromatic rings. The molecule has 0 bridgehead atoms. The average Bonchev–Trinajstić information content (AvgIpc) is 3.48. The number of carbonyl (C=O) groups is 3. The van der Waals surface area contributed by atoms with Crippen molar-refractivity contribution in [2.45, 2.75) is 49.7 Å². The molecule has 0 saturated carbocycles. The van der Waals surface area contributed by atoms with E-state index in [1.165, 1.54) is 21.6 Å². The van der Waals surface area contributed by atoms with Gasteiger partial charge in [0.15, 0.2) is 0 Å². The van der Waals surface area contributed by atoms with Crippen LogP contribution in [0.5, 0.6) is 0 Å². The van der Waals surface area contributed by atoms with E-state index >= 15 is 0 Å². The quantitative estimate of drug-likeness (QED) is 0.213. The minimum absolute atomic E-state index is 0.352. The molecule has 3 atom stereocenters. The maximum Gasteiger partial charge on any atom is 0.418 e. The highest BCUT2D eigenvalue weighted by molar-refractivity contribution is 8.00. The number of halogens is 3. The van der Waals surface area contributed by atoms with Crippen LogP contribution in [-0.4, -0.2) is 40.6 Å². The number of anilines is 3. The van der Waals surface area contributed by atoms with Gasteiger partial charge in [-0.2, -0.15) is 13.2 Å². The smallest absolute Gasteiger partial charge is 0.372 e. The number of nitrogens with zero attached hydrogens (tertiary/aromatic N) is 3. The Balaban J connectivity index is 1.40. The summed E-state index contributed by atoms with van der Waals surface area (Å²) < 4.78 is 41.9. The molecule has 3 heterocycles. The highest BCUT2D eigenvalue weighted by Crippen LogP contribution is 2.54. The molecule has 1 fully saturated rings. The summed E-state index contributed by atoms with van der Waals surface area (Å²) in [7, 11) is 0. The van der Waals surface area contributed by atoms with E-state index in [-0.39, 0.29) is 5.91 Å². The van der Waals surface area contributed by atoms with Gasteiger partial charge in [-0.15, -0.1) is 0 Å². The number of imide groups is 1. The van der Waals surface area contributed by atoms with Crippen LogP contribution >= 0.6 is 23.1 Å². The van der Waals surface area contributed by atoms with E-state index in [0.29, 0.717) is 15.6 Å². The Labute approximate surface area is 277 Å². The molecule has 0 aliphatic carbocycles. The molecule has 47 heavy (non-hydrogen) atoms. The lowest BCUT2D eigenvalue weighted by Gasteiger charge is -2.31. The molecule has 0 spiro atoms. The molecular weight excluding hydrogens is 650 g/mol. The topological polar surface area (TPSA) is 91.7 Å². The minimum Gasteiger partial charge on any atom is -0.372 e. The van der Waals surface area contributed by atoms with E-state index in [9.17, 15) is 32.3 Å². The maximum atomic E-state index is 14.1. The number of hydrogen-bond acceptors (Lipinski definition) is 7. The van der Waals surface area contributed by atoms with Crippen molar-refractivity contribution < 1.29 is 27.6 Å². The normalized spacial score (nSPS) is 19.0. The number of hydrogen-bond donors (Lipinski definition) is 1. The van der Waals surface area contributed by atoms with Gasteiger partial charge in [-0.25, -0.2) is 4.90 Å². The molecule has 244 valence electrons. The SMILES string of the molecule is CCN(CC)c1ccc([C@@H]2c3sc(=O)n(CC(=O)Nc4ccccc4C(F)(F)F)c3S[C@H]3C(=O)N(c4ccc(C)cc4)C(=O)[C@@H]23)cc1. The first-order chi connectivity index (χ1) is 22.4. The van der Waals surface area contributed by atoms with Gasteiger partial charge < -0.3 is 10.2 Å². The van der Waals surface area contributed by atoms with Gasteiger partial charge in [0.2, 0.25) is 17.7 Å². The lowest BCUT2D eigenvalue weighted by molar-refractivity contribution is -0.137. The van der Waals surface area contributed by atoms with Gasteiger partial charge in [0.05, 0.1) is 27.9 Å². The van der Waals surface area contributed by atoms with Crippen LogP contribution in [0.3, 0.4) is 0 Å². The third-order valence-electron chi connectivity index (χ3n) is 8.53. The first-order valence-corrected chi connectivity index (χ1v) is 16.8. The summed E-state index contributed by atoms with van der Waals surface area (Å²) in [5, 5.41) is 1.76. The minimum atomic E-state index is -4.69. The van der Waals surface area contributed by atoms with E-state index in [1.807, 2.05) is 57.2 Å². The maximum absolute atomic E-state index is 14.1. The van der Waals surface area contributed by atoms with E-state index < -0.39 is 57.7 Å². The Hall–Kier alpha value is -4.36. The zero-order valence-electron chi connectivity index (χ0n) is 25.7. The Morgan fingerprint density at radius 3 is 2.21 bits per heavy atom. The fraction of sp³-hybridized carbons (Fsp3) is 0.294. The van der Waals surface area contributed by atoms with E-state index in [1.54, 1.807) is 12.1 Å². The van der Waals surface area contributed by atoms with Crippen LogP contribution in [0, 0.1) is 12.8 Å². The Bertz CT molecular complexity index is 1900. The molecule has 13 heteroatoms. The molecule has 0 unspecified atom stereocenters. The molecule has 3 aromatic carbocycles. The van der Waals surface area contributed by atoms with E-state index in [0.717, 1.165) is 65.1 Å². The number of para-hydroxylation sites is 1. The van der Waals surface area contributed by atoms with Crippen molar-refractivity contribution in [1.29, 1.82) is 0 Å². The van der Waals surface area contributed by atoms with Crippen molar-refractivity contribution in [1.82, 2.24) is 4.57 Å². The molecule has 1 N–H and O–H groups in total. The number of fused-ring (bicyclic) bond motifs is 2. The molecule has 2 aliphatic rings. The second-order valence-corrected chi connectivity index (χ2v) is 13.5. The molecule has 1 aromatic heterocycles. The predicted octanol–water partition coefficient (Wildman–Crippen LogP) is 6.52. The number of thioether (sulfide) groups is 1. The number of rotatable bonds is 8. The number of thiazole rings is 1. The van der Waals surface area contributed by atoms with Crippen LogP contribution in [0.15, 0.2) is 82.6 Å². The highest BCUT2D eigenvalue weighted by atomic mass is 32.2. The second-order valence-electron chi connectivity index (χ2n) is 11.4. The fourth-order valence-electron chi connectivity index (χ4n) is 6.22. The predicted molar refractivity (Wildman–Crippen MR) is 177 cm³/mol. The number of carbonyl (C=O) groups excluding carboxylic acids is 3. The number of amides is 3. The highest BCUT2D eigenvalue weighted by Gasteiger charge is 2.56. The summed E-state index contributed by atoms with van der Waals surface area (Å²) in [5.74, 6) is -3.13. The van der Waals surface area contributed by atoms with Crippen molar-refractivity contribution in [3.8, 4) is 0 Å². The second kappa shape index (κ2) is 12.7. The summed E-state index contributed by atoms with van der Waals surface area (Å²) in [6.07, 6.45) is -4.69. The molecule has 8 nitrogen and oxygen atoms in total. The Morgan fingerprint density at radius 2 is 1.57 bits per heavy atom. The third kappa shape index (κ3) is 5.98. The van der Waals surface area contributed by atoms with Gasteiger partial charge >= 0.3 is 11.0 Å². The summed E-state index contributed by atoms with van der Waals surface area (Å²) in [6, 6.07) is 19.4.